The molecule has 0 aliphatic heterocycles. The third-order valence-electron chi connectivity index (χ3n) is 4.02. The minimum atomic E-state index is -0.712. The van der Waals surface area contributed by atoms with Gasteiger partial charge in [-0.15, -0.1) is 0 Å². The second-order valence-corrected chi connectivity index (χ2v) is 7.17. The van der Waals surface area contributed by atoms with Crippen LogP contribution in [0.3, 0.4) is 0 Å². The summed E-state index contributed by atoms with van der Waals surface area (Å²) in [7, 11) is 1.51. The maximum atomic E-state index is 13.1. The van der Waals surface area contributed by atoms with Gasteiger partial charge in [0, 0.05) is 0 Å². The Hall–Kier alpha value is -3.37. The Balaban J connectivity index is 1.80. The number of fused-ring (bicyclic) bond motifs is 1. The van der Waals surface area contributed by atoms with E-state index in [0.717, 1.165) is 6.07 Å². The van der Waals surface area contributed by atoms with Crippen LogP contribution in [0, 0.1) is 10.1 Å². The molecular formula is C18H12ClN3O6S. The maximum Gasteiger partial charge on any atom is 0.433 e. The topological polar surface area (TPSA) is 112 Å². The Morgan fingerprint density at radius 1 is 1.34 bits per heavy atom. The van der Waals surface area contributed by atoms with Crippen LogP contribution in [-0.2, 0) is 6.54 Å². The molecule has 0 unspecified atom stereocenters. The van der Waals surface area contributed by atoms with Crippen LogP contribution < -0.4 is 9.64 Å². The number of ether oxygens (including phenoxy) is 1. The Morgan fingerprint density at radius 2 is 2.17 bits per heavy atom. The van der Waals surface area contributed by atoms with Crippen molar-refractivity contribution >= 4 is 50.1 Å². The van der Waals surface area contributed by atoms with Crippen LogP contribution in [0.5, 0.6) is 5.75 Å². The van der Waals surface area contributed by atoms with Gasteiger partial charge in [0.2, 0.25) is 0 Å². The number of anilines is 1. The molecule has 0 saturated carbocycles. The van der Waals surface area contributed by atoms with Gasteiger partial charge in [0.1, 0.15) is 21.9 Å². The fourth-order valence-electron chi connectivity index (χ4n) is 2.68. The van der Waals surface area contributed by atoms with Crippen molar-refractivity contribution in [1.82, 2.24) is 4.98 Å². The standard InChI is InChI=1S/C18H12ClN3O6S/c1-26-12-5-4-11(19)16-15(12)20-18(29-16)21(9-10-3-2-8-27-10)17(23)13-6-7-14(28-13)22(24)25/h2-8H,9H2,1H3. The molecule has 9 nitrogen and oxygen atoms in total. The lowest BCUT2D eigenvalue weighted by atomic mass is 10.3. The fourth-order valence-corrected chi connectivity index (χ4v) is 3.93. The molecule has 1 amide bonds. The molecule has 0 saturated heterocycles. The number of furan rings is 2. The van der Waals surface area contributed by atoms with Crippen molar-refractivity contribution in [3.05, 3.63) is 69.3 Å². The first-order chi connectivity index (χ1) is 14.0. The largest absolute Gasteiger partial charge is 0.494 e. The number of thiazole rings is 1. The zero-order chi connectivity index (χ0) is 20.5. The van der Waals surface area contributed by atoms with Crippen molar-refractivity contribution in [1.29, 1.82) is 0 Å². The molecule has 4 rings (SSSR count). The summed E-state index contributed by atoms with van der Waals surface area (Å²) in [6.07, 6.45) is 1.48. The molecule has 11 heteroatoms. The average molecular weight is 434 g/mol. The predicted molar refractivity (Wildman–Crippen MR) is 106 cm³/mol. The smallest absolute Gasteiger partial charge is 0.433 e. The summed E-state index contributed by atoms with van der Waals surface area (Å²) in [4.78, 5) is 29.1. The van der Waals surface area contributed by atoms with E-state index in [0.29, 0.717) is 31.9 Å². The van der Waals surface area contributed by atoms with Crippen LogP contribution in [0.25, 0.3) is 10.2 Å². The highest BCUT2D eigenvalue weighted by Crippen LogP contribution is 2.39. The number of nitrogens with zero attached hydrogens (tertiary/aromatic N) is 3. The lowest BCUT2D eigenvalue weighted by Crippen LogP contribution is -2.29. The molecule has 0 aliphatic carbocycles. The first-order valence-corrected chi connectivity index (χ1v) is 9.39. The van der Waals surface area contributed by atoms with Crippen molar-refractivity contribution in [3.63, 3.8) is 0 Å². The number of rotatable bonds is 6. The monoisotopic (exact) mass is 433 g/mol. The molecule has 0 N–H and O–H groups in total. The molecule has 3 heterocycles. The van der Waals surface area contributed by atoms with Gasteiger partial charge in [-0.05, 0) is 30.3 Å². The van der Waals surface area contributed by atoms with Crippen LogP contribution in [0.1, 0.15) is 16.3 Å². The van der Waals surface area contributed by atoms with E-state index in [1.807, 2.05) is 0 Å². The van der Waals surface area contributed by atoms with E-state index >= 15 is 0 Å². The number of halogens is 1. The molecule has 3 aromatic heterocycles. The number of methoxy groups -OCH3 is 1. The minimum absolute atomic E-state index is 0.0418. The zero-order valence-electron chi connectivity index (χ0n) is 14.8. The van der Waals surface area contributed by atoms with Crippen LogP contribution in [0.4, 0.5) is 11.0 Å². The summed E-state index contributed by atoms with van der Waals surface area (Å²) in [5, 5.41) is 11.7. The summed E-state index contributed by atoms with van der Waals surface area (Å²) in [5.41, 5.74) is 0.502. The number of hydrogen-bond acceptors (Lipinski definition) is 8. The number of benzene rings is 1. The Kier molecular flexibility index (Phi) is 4.95. The third-order valence-corrected chi connectivity index (χ3v) is 5.56. The molecule has 0 aliphatic rings. The van der Waals surface area contributed by atoms with Crippen molar-refractivity contribution in [2.45, 2.75) is 6.54 Å². The second kappa shape index (κ2) is 7.57. The Labute approximate surface area is 172 Å². The molecule has 0 radical (unpaired) electrons. The zero-order valence-corrected chi connectivity index (χ0v) is 16.4. The van der Waals surface area contributed by atoms with Gasteiger partial charge in [-0.2, -0.15) is 0 Å². The Bertz CT molecular complexity index is 1200. The number of nitro groups is 1. The molecular weight excluding hydrogens is 422 g/mol. The number of carbonyl (C=O) groups excluding carboxylic acids is 1. The summed E-state index contributed by atoms with van der Waals surface area (Å²) in [6, 6.07) is 9.12. The summed E-state index contributed by atoms with van der Waals surface area (Å²) in [5.74, 6) is -0.327. The van der Waals surface area contributed by atoms with E-state index in [1.165, 1.54) is 35.7 Å². The van der Waals surface area contributed by atoms with Gasteiger partial charge in [-0.1, -0.05) is 22.9 Å². The van der Waals surface area contributed by atoms with Gasteiger partial charge in [-0.25, -0.2) is 4.98 Å². The van der Waals surface area contributed by atoms with Crippen LogP contribution >= 0.6 is 22.9 Å². The summed E-state index contributed by atoms with van der Waals surface area (Å²) in [6.45, 7) is 0.0418. The number of aromatic nitrogens is 1. The molecule has 29 heavy (non-hydrogen) atoms. The lowest BCUT2D eigenvalue weighted by Gasteiger charge is -2.17. The van der Waals surface area contributed by atoms with Gasteiger partial charge >= 0.3 is 5.88 Å². The van der Waals surface area contributed by atoms with E-state index < -0.39 is 16.7 Å². The van der Waals surface area contributed by atoms with Gasteiger partial charge in [0.15, 0.2) is 10.9 Å². The number of amides is 1. The first kappa shape index (κ1) is 19.0. The van der Waals surface area contributed by atoms with Gasteiger partial charge in [0.05, 0.1) is 35.7 Å². The molecule has 0 fully saturated rings. The maximum absolute atomic E-state index is 13.1. The van der Waals surface area contributed by atoms with E-state index in [2.05, 4.69) is 4.98 Å². The first-order valence-electron chi connectivity index (χ1n) is 8.19. The highest BCUT2D eigenvalue weighted by Gasteiger charge is 2.28. The highest BCUT2D eigenvalue weighted by atomic mass is 35.5. The van der Waals surface area contributed by atoms with Crippen LogP contribution in [-0.4, -0.2) is 22.9 Å². The fraction of sp³-hybridized carbons (Fsp3) is 0.111. The molecule has 4 aromatic rings. The molecule has 0 spiro atoms. The molecule has 1 aromatic carbocycles. The number of carbonyl (C=O) groups is 1. The lowest BCUT2D eigenvalue weighted by molar-refractivity contribution is -0.402. The van der Waals surface area contributed by atoms with Crippen molar-refractivity contribution in [2.75, 3.05) is 12.0 Å². The third kappa shape index (κ3) is 3.55. The SMILES string of the molecule is COc1ccc(Cl)c2sc(N(Cc3ccco3)C(=O)c3ccc([N+](=O)[O-])o3)nc12. The van der Waals surface area contributed by atoms with E-state index in [1.54, 1.807) is 24.3 Å². The molecule has 148 valence electrons. The minimum Gasteiger partial charge on any atom is -0.494 e. The summed E-state index contributed by atoms with van der Waals surface area (Å²) >= 11 is 7.47. The summed E-state index contributed by atoms with van der Waals surface area (Å²) < 4.78 is 16.4. The molecule has 0 bridgehead atoms. The number of hydrogen-bond donors (Lipinski definition) is 0. The molecule has 0 atom stereocenters. The average Bonchev–Trinajstić information content (AvgIpc) is 3.46. The van der Waals surface area contributed by atoms with Crippen molar-refractivity contribution in [3.8, 4) is 5.75 Å². The quantitative estimate of drug-likeness (QED) is 0.314. The van der Waals surface area contributed by atoms with E-state index in [9.17, 15) is 14.9 Å². The second-order valence-electron chi connectivity index (χ2n) is 5.79. The van der Waals surface area contributed by atoms with Crippen molar-refractivity contribution < 1.29 is 23.3 Å². The Morgan fingerprint density at radius 3 is 2.83 bits per heavy atom. The van der Waals surface area contributed by atoms with Gasteiger partial charge < -0.3 is 13.6 Å². The van der Waals surface area contributed by atoms with E-state index in [-0.39, 0.29) is 12.3 Å². The van der Waals surface area contributed by atoms with Crippen LogP contribution in [0.15, 0.2) is 51.5 Å². The predicted octanol–water partition coefficient (Wildman–Crippen LogP) is 4.90. The van der Waals surface area contributed by atoms with Crippen LogP contribution in [0.2, 0.25) is 5.02 Å². The van der Waals surface area contributed by atoms with Gasteiger partial charge in [-0.3, -0.25) is 19.8 Å². The normalized spacial score (nSPS) is 11.0. The van der Waals surface area contributed by atoms with Crippen molar-refractivity contribution in [2.24, 2.45) is 0 Å². The van der Waals surface area contributed by atoms with E-state index in [4.69, 9.17) is 25.2 Å². The van der Waals surface area contributed by atoms with Gasteiger partial charge in [0.25, 0.3) is 5.91 Å². The highest BCUT2D eigenvalue weighted by molar-refractivity contribution is 7.23.